The molecule has 1 aromatic heterocycles. The molecule has 3 heterocycles. The van der Waals surface area contributed by atoms with E-state index in [2.05, 4.69) is 10.4 Å². The number of anilines is 2. The number of alkyl halides is 3. The lowest BCUT2D eigenvalue weighted by Gasteiger charge is -2.50. The molecule has 300 valence electrons. The number of methoxy groups -OCH3 is 2. The predicted molar refractivity (Wildman–Crippen MR) is 207 cm³/mol. The Morgan fingerprint density at radius 3 is 2.26 bits per heavy atom. The second kappa shape index (κ2) is 14.2. The molecule has 6 atom stereocenters. The largest absolute Gasteiger partial charge is 0.507 e. The van der Waals surface area contributed by atoms with Gasteiger partial charge in [-0.05, 0) is 67.1 Å². The summed E-state index contributed by atoms with van der Waals surface area (Å²) >= 11 is 19.1. The quantitative estimate of drug-likeness (QED) is 0.139. The highest BCUT2D eigenvalue weighted by Gasteiger charge is 2.71. The number of aromatic hydroxyl groups is 1. The van der Waals surface area contributed by atoms with Gasteiger partial charge in [-0.25, -0.2) is 9.88 Å². The number of imide groups is 2. The molecule has 4 aromatic rings. The zero-order valence-corrected chi connectivity index (χ0v) is 33.0. The molecule has 2 aliphatic carbocycles. The number of nitrogens with one attached hydrogen (secondary N) is 1. The first-order valence-electron chi connectivity index (χ1n) is 18.0. The van der Waals surface area contributed by atoms with Gasteiger partial charge < -0.3 is 14.6 Å². The number of hydrogen-bond donors (Lipinski definition) is 2. The Labute approximate surface area is 344 Å². The molecule has 0 spiro atoms. The van der Waals surface area contributed by atoms with Crippen molar-refractivity contribution in [1.82, 2.24) is 9.99 Å². The van der Waals surface area contributed by atoms with Crippen molar-refractivity contribution in [2.75, 3.05) is 24.5 Å². The number of allylic oxidation sites excluding steroid dienone is 2. The fourth-order valence-electron chi connectivity index (χ4n) is 9.24. The fourth-order valence-corrected chi connectivity index (χ4v) is 9.75. The van der Waals surface area contributed by atoms with Gasteiger partial charge in [-0.3, -0.25) is 24.6 Å². The minimum absolute atomic E-state index is 0.0729. The normalized spacial score (nSPS) is 25.3. The van der Waals surface area contributed by atoms with Crippen LogP contribution in [0.2, 0.25) is 15.1 Å². The second-order valence-electron chi connectivity index (χ2n) is 14.6. The maximum atomic E-state index is 15.5. The number of rotatable bonds is 7. The number of hydrazine groups is 1. The van der Waals surface area contributed by atoms with Crippen molar-refractivity contribution in [2.45, 2.75) is 37.3 Å². The SMILES string of the molecule is COc1cc(O)c(C2C3=CCC4C(=O)N(c5ccc(C)c(Cl)c5)C(=O)C4C3CC3C(=O)N(Nc4ncc(C(F)(F)F)cc4Cl)C(=O)C32c2ccc(Cl)cc2)c(OC)c1. The Hall–Kier alpha value is -5.31. The van der Waals surface area contributed by atoms with E-state index < -0.39 is 81.2 Å². The summed E-state index contributed by atoms with van der Waals surface area (Å²) in [6.45, 7) is 1.79. The molecule has 2 aliphatic heterocycles. The van der Waals surface area contributed by atoms with Gasteiger partial charge in [0.2, 0.25) is 11.8 Å². The second-order valence-corrected chi connectivity index (χ2v) is 15.9. The molecular weight excluding hydrogens is 824 g/mol. The number of hydrogen-bond acceptors (Lipinski definition) is 9. The minimum atomic E-state index is -4.78. The predicted octanol–water partition coefficient (Wildman–Crippen LogP) is 8.28. The Bertz CT molecular complexity index is 2460. The van der Waals surface area contributed by atoms with E-state index in [4.69, 9.17) is 44.3 Å². The Morgan fingerprint density at radius 2 is 1.62 bits per heavy atom. The number of carbonyl (C=O) groups excluding carboxylic acids is 4. The van der Waals surface area contributed by atoms with Gasteiger partial charge in [0.05, 0.1) is 53.7 Å². The molecule has 1 saturated carbocycles. The topological polar surface area (TPSA) is 138 Å². The fraction of sp³-hybridized carbons (Fsp3) is 0.293. The highest BCUT2D eigenvalue weighted by Crippen LogP contribution is 2.66. The zero-order chi connectivity index (χ0) is 41.6. The first-order chi connectivity index (χ1) is 27.5. The number of halogens is 6. The van der Waals surface area contributed by atoms with Crippen LogP contribution in [0.5, 0.6) is 17.2 Å². The van der Waals surface area contributed by atoms with E-state index in [-0.39, 0.29) is 41.3 Å². The zero-order valence-electron chi connectivity index (χ0n) is 30.7. The smallest absolute Gasteiger partial charge is 0.417 e. The number of benzene rings is 3. The van der Waals surface area contributed by atoms with Gasteiger partial charge in [0.1, 0.15) is 17.2 Å². The molecule has 6 unspecified atom stereocenters. The molecule has 2 saturated heterocycles. The van der Waals surface area contributed by atoms with Crippen LogP contribution in [0.3, 0.4) is 0 Å². The summed E-state index contributed by atoms with van der Waals surface area (Å²) in [7, 11) is 2.74. The first-order valence-corrected chi connectivity index (χ1v) is 19.1. The Kier molecular flexibility index (Phi) is 9.68. The first kappa shape index (κ1) is 39.5. The van der Waals surface area contributed by atoms with Crippen molar-refractivity contribution in [2.24, 2.45) is 23.7 Å². The lowest BCUT2D eigenvalue weighted by atomic mass is 9.49. The molecule has 3 aromatic carbocycles. The molecule has 4 aliphatic rings. The molecule has 58 heavy (non-hydrogen) atoms. The summed E-state index contributed by atoms with van der Waals surface area (Å²) in [4.78, 5) is 64.2. The Morgan fingerprint density at radius 1 is 0.897 bits per heavy atom. The van der Waals surface area contributed by atoms with Crippen LogP contribution in [0.1, 0.15) is 41.0 Å². The maximum Gasteiger partial charge on any atom is 0.417 e. The minimum Gasteiger partial charge on any atom is -0.507 e. The average molecular weight is 856 g/mol. The Balaban J connectivity index is 1.35. The number of nitrogens with zero attached hydrogens (tertiary/aromatic N) is 3. The summed E-state index contributed by atoms with van der Waals surface area (Å²) in [5, 5.41) is 12.7. The van der Waals surface area contributed by atoms with Crippen molar-refractivity contribution in [1.29, 1.82) is 0 Å². The molecule has 0 radical (unpaired) electrons. The van der Waals surface area contributed by atoms with Gasteiger partial charge in [-0.2, -0.15) is 18.2 Å². The number of aryl methyl sites for hydroxylation is 1. The van der Waals surface area contributed by atoms with Gasteiger partial charge in [-0.15, -0.1) is 0 Å². The van der Waals surface area contributed by atoms with Gasteiger partial charge in [-0.1, -0.05) is 64.7 Å². The third-order valence-corrected chi connectivity index (χ3v) is 12.8. The van der Waals surface area contributed by atoms with Gasteiger partial charge in [0.15, 0.2) is 5.82 Å². The van der Waals surface area contributed by atoms with Crippen molar-refractivity contribution in [3.8, 4) is 17.2 Å². The molecule has 8 rings (SSSR count). The van der Waals surface area contributed by atoms with E-state index in [1.807, 2.05) is 0 Å². The van der Waals surface area contributed by atoms with Crippen LogP contribution < -0.4 is 19.8 Å². The van der Waals surface area contributed by atoms with E-state index in [1.54, 1.807) is 37.3 Å². The van der Waals surface area contributed by atoms with E-state index in [9.17, 15) is 32.7 Å². The van der Waals surface area contributed by atoms with Crippen LogP contribution in [0.15, 0.2) is 78.5 Å². The number of phenols is 1. The lowest BCUT2D eigenvalue weighted by Crippen LogP contribution is -2.53. The van der Waals surface area contributed by atoms with E-state index in [1.165, 1.54) is 44.6 Å². The molecular formula is C41H32Cl3F3N4O7. The molecule has 0 bridgehead atoms. The standard InChI is InChI=1S/C41H32Cl3F3N4O7/c1-18-4-9-22(13-28(18)43)50-36(53)25-11-10-24-26(32(25)38(50)55)16-27-37(54)51(49-35-29(44)12-20(17-48-35)41(45,46)47)39(56)40(27,19-5-7-21(42)8-6-19)34(24)33-30(52)14-23(57-2)15-31(33)58-3/h4-10,12-15,17,25-27,32,34,52H,11,16H2,1-3H3,(H,48,49). The van der Waals surface area contributed by atoms with E-state index in [0.717, 1.165) is 10.5 Å². The highest BCUT2D eigenvalue weighted by molar-refractivity contribution is 6.33. The van der Waals surface area contributed by atoms with Crippen molar-refractivity contribution in [3.63, 3.8) is 0 Å². The van der Waals surface area contributed by atoms with Crippen LogP contribution in [0.4, 0.5) is 24.7 Å². The van der Waals surface area contributed by atoms with Crippen molar-refractivity contribution < 1.29 is 46.9 Å². The summed E-state index contributed by atoms with van der Waals surface area (Å²) < 4.78 is 51.9. The summed E-state index contributed by atoms with van der Waals surface area (Å²) in [5.74, 6) is -8.39. The molecule has 17 heteroatoms. The van der Waals surface area contributed by atoms with Crippen LogP contribution in [0, 0.1) is 30.6 Å². The molecule has 11 nitrogen and oxygen atoms in total. The van der Waals surface area contributed by atoms with Crippen molar-refractivity contribution in [3.05, 3.63) is 116 Å². The van der Waals surface area contributed by atoms with Gasteiger partial charge in [0, 0.05) is 39.9 Å². The van der Waals surface area contributed by atoms with Crippen LogP contribution in [-0.4, -0.2) is 52.9 Å². The number of ether oxygens (including phenoxy) is 2. The summed E-state index contributed by atoms with van der Waals surface area (Å²) in [6.07, 6.45) is -2.55. The van der Waals surface area contributed by atoms with Crippen molar-refractivity contribution >= 4 is 69.9 Å². The molecule has 2 N–H and O–H groups in total. The maximum absolute atomic E-state index is 15.5. The van der Waals surface area contributed by atoms with Crippen LogP contribution >= 0.6 is 34.8 Å². The van der Waals surface area contributed by atoms with Crippen LogP contribution in [0.25, 0.3) is 0 Å². The number of phenolic OH excluding ortho intramolecular Hbond substituents is 1. The molecule has 3 fully saturated rings. The molecule has 4 amide bonds. The summed E-state index contributed by atoms with van der Waals surface area (Å²) in [5.41, 5.74) is 1.41. The lowest BCUT2D eigenvalue weighted by molar-refractivity contribution is -0.139. The third kappa shape index (κ3) is 5.90. The van der Waals surface area contributed by atoms with Crippen LogP contribution in [-0.2, 0) is 30.8 Å². The van der Waals surface area contributed by atoms with E-state index >= 15 is 4.79 Å². The van der Waals surface area contributed by atoms with Gasteiger partial charge in [0.25, 0.3) is 11.8 Å². The highest BCUT2D eigenvalue weighted by atomic mass is 35.5. The van der Waals surface area contributed by atoms with E-state index in [0.29, 0.717) is 38.5 Å². The monoisotopic (exact) mass is 854 g/mol. The number of aromatic nitrogens is 1. The third-order valence-electron chi connectivity index (χ3n) is 11.8. The average Bonchev–Trinajstić information content (AvgIpc) is 3.57. The number of fused-ring (bicyclic) bond motifs is 4. The summed E-state index contributed by atoms with van der Waals surface area (Å²) in [6, 6.07) is 14.5. The van der Waals surface area contributed by atoms with Gasteiger partial charge >= 0.3 is 6.18 Å². The number of carbonyl (C=O) groups is 4. The number of pyridine rings is 1. The number of amides is 4.